The molecule has 4 rings (SSSR count). The zero-order valence-corrected chi connectivity index (χ0v) is 19.3. The average Bonchev–Trinajstić information content (AvgIpc) is 3.17. The summed E-state index contributed by atoms with van der Waals surface area (Å²) in [5.41, 5.74) is 6.15. The number of carbonyl (C=O) groups is 1. The highest BCUT2D eigenvalue weighted by atomic mass is 16.1. The van der Waals surface area contributed by atoms with Gasteiger partial charge in [-0.15, -0.1) is 6.58 Å². The van der Waals surface area contributed by atoms with Crippen molar-refractivity contribution in [2.24, 2.45) is 29.4 Å². The van der Waals surface area contributed by atoms with Crippen LogP contribution in [0.2, 0.25) is 0 Å². The first kappa shape index (κ1) is 23.3. The van der Waals surface area contributed by atoms with Crippen molar-refractivity contribution in [3.05, 3.63) is 24.4 Å². The average molecular weight is 418 g/mol. The van der Waals surface area contributed by atoms with Crippen LogP contribution in [0.3, 0.4) is 0 Å². The number of hydrogen-bond donors (Lipinski definition) is 3. The zero-order chi connectivity index (χ0) is 21.7. The molecule has 170 valence electrons. The van der Waals surface area contributed by atoms with Gasteiger partial charge in [0.2, 0.25) is 5.91 Å². The molecule has 1 amide bonds. The van der Waals surface area contributed by atoms with Gasteiger partial charge >= 0.3 is 0 Å². The topological polar surface area (TPSA) is 73.6 Å². The molecule has 0 bridgehead atoms. The van der Waals surface area contributed by atoms with Crippen LogP contribution in [-0.2, 0) is 4.79 Å². The molecule has 1 saturated heterocycles. The summed E-state index contributed by atoms with van der Waals surface area (Å²) >= 11 is 0. The van der Waals surface area contributed by atoms with Crippen molar-refractivity contribution in [2.45, 2.75) is 50.6 Å². The van der Waals surface area contributed by atoms with Crippen LogP contribution in [0.4, 0.5) is 0 Å². The Balaban J connectivity index is 0.00000124. The molecule has 6 atom stereocenters. The van der Waals surface area contributed by atoms with E-state index < -0.39 is 0 Å². The minimum absolute atomic E-state index is 0.126. The van der Waals surface area contributed by atoms with E-state index in [-0.39, 0.29) is 11.8 Å². The van der Waals surface area contributed by atoms with Crippen molar-refractivity contribution in [1.82, 2.24) is 20.4 Å². The third-order valence-corrected chi connectivity index (χ3v) is 7.64. The molecule has 3 fully saturated rings. The lowest BCUT2D eigenvalue weighted by Gasteiger charge is -2.54. The highest BCUT2D eigenvalue weighted by Crippen LogP contribution is 2.53. The zero-order valence-electron chi connectivity index (χ0n) is 19.3. The van der Waals surface area contributed by atoms with Crippen molar-refractivity contribution < 1.29 is 4.79 Å². The van der Waals surface area contributed by atoms with Gasteiger partial charge in [-0.2, -0.15) is 0 Å². The maximum atomic E-state index is 13.0. The Morgan fingerprint density at radius 3 is 2.90 bits per heavy atom. The van der Waals surface area contributed by atoms with E-state index in [1.807, 2.05) is 6.08 Å². The highest BCUT2D eigenvalue weighted by molar-refractivity contribution is 5.79. The molecule has 4 aliphatic rings. The molecule has 2 aliphatic carbocycles. The van der Waals surface area contributed by atoms with Crippen LogP contribution >= 0.6 is 0 Å². The smallest absolute Gasteiger partial charge is 0.224 e. The lowest BCUT2D eigenvalue weighted by Crippen LogP contribution is -2.58. The number of hydrogen-bond acceptors (Lipinski definition) is 5. The molecular formula is C24H43N5O. The van der Waals surface area contributed by atoms with Gasteiger partial charge in [-0.05, 0) is 83.4 Å². The number of nitrogens with one attached hydrogen (secondary N) is 2. The van der Waals surface area contributed by atoms with Gasteiger partial charge in [0.25, 0.3) is 0 Å². The van der Waals surface area contributed by atoms with Gasteiger partial charge in [-0.1, -0.05) is 12.5 Å². The van der Waals surface area contributed by atoms with E-state index in [4.69, 9.17) is 0 Å². The largest absolute Gasteiger partial charge is 0.388 e. The Kier molecular flexibility index (Phi) is 8.37. The molecule has 0 aromatic carbocycles. The summed E-state index contributed by atoms with van der Waals surface area (Å²) < 4.78 is 0. The van der Waals surface area contributed by atoms with Crippen LogP contribution in [0.25, 0.3) is 0 Å². The molecule has 2 heterocycles. The predicted octanol–water partition coefficient (Wildman–Crippen LogP) is 1.80. The van der Waals surface area contributed by atoms with Crippen molar-refractivity contribution in [2.75, 3.05) is 47.3 Å². The molecule has 6 unspecified atom stereocenters. The molecule has 0 spiro atoms. The van der Waals surface area contributed by atoms with Crippen molar-refractivity contribution in [3.63, 3.8) is 0 Å². The number of amides is 1. The van der Waals surface area contributed by atoms with E-state index in [1.54, 1.807) is 5.57 Å². The number of likely N-dealkylation sites (tertiary alicyclic amines) is 1. The highest BCUT2D eigenvalue weighted by Gasteiger charge is 2.52. The number of fused-ring (bicyclic) bond motifs is 2. The van der Waals surface area contributed by atoms with Crippen molar-refractivity contribution in [3.8, 4) is 0 Å². The van der Waals surface area contributed by atoms with Gasteiger partial charge in [-0.25, -0.2) is 0 Å². The number of nitrogens with two attached hydrogens (primary N) is 1. The fourth-order valence-corrected chi connectivity index (χ4v) is 6.49. The van der Waals surface area contributed by atoms with Crippen LogP contribution in [0.15, 0.2) is 24.4 Å². The summed E-state index contributed by atoms with van der Waals surface area (Å²) in [6.45, 7) is 7.58. The van der Waals surface area contributed by atoms with E-state index >= 15 is 0 Å². The lowest BCUT2D eigenvalue weighted by atomic mass is 9.58. The second-order valence-electron chi connectivity index (χ2n) is 9.67. The van der Waals surface area contributed by atoms with E-state index in [9.17, 15) is 4.79 Å². The fraction of sp³-hybridized carbons (Fsp3) is 0.792. The second-order valence-corrected chi connectivity index (χ2v) is 9.67. The van der Waals surface area contributed by atoms with Gasteiger partial charge in [-0.3, -0.25) is 9.69 Å². The van der Waals surface area contributed by atoms with Crippen LogP contribution in [0, 0.1) is 23.7 Å². The van der Waals surface area contributed by atoms with E-state index in [1.165, 1.54) is 32.7 Å². The van der Waals surface area contributed by atoms with Gasteiger partial charge < -0.3 is 21.3 Å². The third-order valence-electron chi connectivity index (χ3n) is 7.64. The van der Waals surface area contributed by atoms with Crippen LogP contribution in [0.5, 0.6) is 0 Å². The molecule has 6 nitrogen and oxygen atoms in total. The minimum Gasteiger partial charge on any atom is -0.388 e. The first-order valence-corrected chi connectivity index (χ1v) is 11.9. The fourth-order valence-electron chi connectivity index (χ4n) is 6.49. The summed E-state index contributed by atoms with van der Waals surface area (Å²) in [4.78, 5) is 17.7. The van der Waals surface area contributed by atoms with Crippen molar-refractivity contribution >= 4 is 5.91 Å². The summed E-state index contributed by atoms with van der Waals surface area (Å²) in [5, 5.41) is 6.91. The molecule has 6 heteroatoms. The Morgan fingerprint density at radius 2 is 2.17 bits per heavy atom. The molecule has 30 heavy (non-hydrogen) atoms. The lowest BCUT2D eigenvalue weighted by molar-refractivity contribution is -0.130. The number of carbonyl (C=O) groups excluding carboxylic acids is 1. The first-order valence-electron chi connectivity index (χ1n) is 11.9. The first-order chi connectivity index (χ1) is 14.6. The standard InChI is InChI=1S/C23H38N4O.CH5N/c1-4-10-27-15-17(23(28)24-9-6-11-26(2)3)12-19-18-7-5-8-20-22(18)16(14-25-20)13-21(19)27;1-2/h4,14,17-22,25H,1,5-13,15H2,2-3H3,(H,24,28);2H2,1H3. The van der Waals surface area contributed by atoms with Crippen LogP contribution < -0.4 is 16.4 Å². The van der Waals surface area contributed by atoms with Gasteiger partial charge in [0.15, 0.2) is 0 Å². The maximum absolute atomic E-state index is 13.0. The van der Waals surface area contributed by atoms with Gasteiger partial charge in [0, 0.05) is 37.6 Å². The normalized spacial score (nSPS) is 34.6. The molecule has 2 saturated carbocycles. The monoisotopic (exact) mass is 417 g/mol. The van der Waals surface area contributed by atoms with Crippen LogP contribution in [0.1, 0.15) is 38.5 Å². The second kappa shape index (κ2) is 10.8. The van der Waals surface area contributed by atoms with Crippen LogP contribution in [-0.4, -0.2) is 75.1 Å². The van der Waals surface area contributed by atoms with E-state index in [0.717, 1.165) is 50.9 Å². The summed E-state index contributed by atoms with van der Waals surface area (Å²) in [5.74, 6) is 2.51. The number of rotatable bonds is 7. The Labute approximate surface area is 183 Å². The number of piperidine rings is 1. The Morgan fingerprint density at radius 1 is 1.37 bits per heavy atom. The quantitative estimate of drug-likeness (QED) is 0.435. The Bertz CT molecular complexity index is 619. The Hall–Kier alpha value is -1.37. The van der Waals surface area contributed by atoms with E-state index in [0.29, 0.717) is 18.0 Å². The molecule has 0 aromatic heterocycles. The SMILES string of the molecule is C=CCN1CC(C(=O)NCCCN(C)C)CC2C3CCCC4NC=C(CC21)C43.CN. The maximum Gasteiger partial charge on any atom is 0.224 e. The third kappa shape index (κ3) is 4.92. The van der Waals surface area contributed by atoms with Gasteiger partial charge in [0.05, 0.1) is 5.92 Å². The summed E-state index contributed by atoms with van der Waals surface area (Å²) in [6, 6.07) is 1.24. The number of nitrogens with zero attached hydrogens (tertiary/aromatic N) is 2. The minimum atomic E-state index is 0.126. The van der Waals surface area contributed by atoms with E-state index in [2.05, 4.69) is 53.0 Å². The molecule has 2 aliphatic heterocycles. The molecule has 0 radical (unpaired) electrons. The summed E-state index contributed by atoms with van der Waals surface area (Å²) in [6.07, 6.45) is 11.6. The van der Waals surface area contributed by atoms with Crippen molar-refractivity contribution in [1.29, 1.82) is 0 Å². The molecular weight excluding hydrogens is 374 g/mol. The molecule has 0 aromatic rings. The summed E-state index contributed by atoms with van der Waals surface area (Å²) in [7, 11) is 5.66. The predicted molar refractivity (Wildman–Crippen MR) is 124 cm³/mol. The van der Waals surface area contributed by atoms with Gasteiger partial charge in [0.1, 0.15) is 0 Å². The molecule has 4 N–H and O–H groups in total.